The van der Waals surface area contributed by atoms with Gasteiger partial charge < -0.3 is 5.32 Å². The van der Waals surface area contributed by atoms with Gasteiger partial charge in [-0.1, -0.05) is 30.7 Å². The quantitative estimate of drug-likeness (QED) is 0.935. The molecule has 1 aromatic carbocycles. The third kappa shape index (κ3) is 3.02. The van der Waals surface area contributed by atoms with E-state index in [1.807, 2.05) is 31.2 Å². The summed E-state index contributed by atoms with van der Waals surface area (Å²) in [4.78, 5) is 12.2. The molecule has 0 aliphatic rings. The number of hydrogen-bond donors (Lipinski definition) is 1. The van der Waals surface area contributed by atoms with Crippen LogP contribution in [-0.4, -0.2) is 15.7 Å². The smallest absolute Gasteiger partial charge is 0.248 e. The third-order valence-corrected chi connectivity index (χ3v) is 3.73. The Morgan fingerprint density at radius 1 is 1.40 bits per heavy atom. The van der Waals surface area contributed by atoms with E-state index >= 15 is 0 Å². The van der Waals surface area contributed by atoms with Gasteiger partial charge in [0.1, 0.15) is 6.04 Å². The Labute approximate surface area is 123 Å². The Morgan fingerprint density at radius 3 is 2.55 bits per heavy atom. The number of amides is 1. The standard InChI is InChI=1S/C15H18ClN3O/c1-4-12-5-7-13(8-6-12)18-15(20)11(3)19-10(2)14(16)9-17-19/h5-9,11H,4H2,1-3H3,(H,18,20). The van der Waals surface area contributed by atoms with Crippen LogP contribution in [-0.2, 0) is 11.2 Å². The van der Waals surface area contributed by atoms with Crippen molar-refractivity contribution < 1.29 is 4.79 Å². The monoisotopic (exact) mass is 291 g/mol. The molecule has 1 unspecified atom stereocenters. The molecule has 0 fully saturated rings. The molecule has 1 heterocycles. The van der Waals surface area contributed by atoms with Gasteiger partial charge in [0.15, 0.2) is 0 Å². The van der Waals surface area contributed by atoms with Crippen LogP contribution in [0, 0.1) is 6.92 Å². The molecule has 5 heteroatoms. The number of rotatable bonds is 4. The predicted molar refractivity (Wildman–Crippen MR) is 81.1 cm³/mol. The van der Waals surface area contributed by atoms with Crippen LogP contribution in [0.3, 0.4) is 0 Å². The highest BCUT2D eigenvalue weighted by molar-refractivity contribution is 6.31. The van der Waals surface area contributed by atoms with E-state index in [1.165, 1.54) is 5.56 Å². The summed E-state index contributed by atoms with van der Waals surface area (Å²) in [7, 11) is 0. The molecular weight excluding hydrogens is 274 g/mol. The lowest BCUT2D eigenvalue weighted by Gasteiger charge is -2.14. The van der Waals surface area contributed by atoms with E-state index < -0.39 is 6.04 Å². The predicted octanol–water partition coefficient (Wildman–Crippen LogP) is 3.61. The molecular formula is C15H18ClN3O. The molecule has 0 spiro atoms. The first-order valence-electron chi connectivity index (χ1n) is 6.62. The number of anilines is 1. The molecule has 0 saturated carbocycles. The van der Waals surface area contributed by atoms with E-state index in [2.05, 4.69) is 17.3 Å². The number of aryl methyl sites for hydroxylation is 1. The van der Waals surface area contributed by atoms with Gasteiger partial charge in [0.05, 0.1) is 16.9 Å². The van der Waals surface area contributed by atoms with Gasteiger partial charge in [-0.3, -0.25) is 9.48 Å². The number of carbonyl (C=O) groups excluding carboxylic acids is 1. The molecule has 1 N–H and O–H groups in total. The first-order valence-corrected chi connectivity index (χ1v) is 7.00. The molecule has 2 rings (SSSR count). The molecule has 0 aliphatic heterocycles. The van der Waals surface area contributed by atoms with Gasteiger partial charge in [-0.05, 0) is 38.0 Å². The second-order valence-electron chi connectivity index (χ2n) is 4.74. The SMILES string of the molecule is CCc1ccc(NC(=O)C(C)n2ncc(Cl)c2C)cc1. The minimum Gasteiger partial charge on any atom is -0.324 e. The van der Waals surface area contributed by atoms with E-state index in [-0.39, 0.29) is 5.91 Å². The van der Waals surface area contributed by atoms with Gasteiger partial charge in [-0.25, -0.2) is 0 Å². The fourth-order valence-electron chi connectivity index (χ4n) is 1.97. The second kappa shape index (κ2) is 6.09. The highest BCUT2D eigenvalue weighted by Crippen LogP contribution is 2.19. The van der Waals surface area contributed by atoms with Crippen LogP contribution < -0.4 is 5.32 Å². The van der Waals surface area contributed by atoms with Crippen molar-refractivity contribution in [3.63, 3.8) is 0 Å². The van der Waals surface area contributed by atoms with Crippen LogP contribution in [0.4, 0.5) is 5.69 Å². The fourth-order valence-corrected chi connectivity index (χ4v) is 2.10. The van der Waals surface area contributed by atoms with E-state index in [4.69, 9.17) is 11.6 Å². The molecule has 4 nitrogen and oxygen atoms in total. The number of nitrogens with one attached hydrogen (secondary N) is 1. The Bertz CT molecular complexity index is 604. The van der Waals surface area contributed by atoms with Crippen molar-refractivity contribution in [1.82, 2.24) is 9.78 Å². The first kappa shape index (κ1) is 14.6. The van der Waals surface area contributed by atoms with Gasteiger partial charge in [0, 0.05) is 5.69 Å². The van der Waals surface area contributed by atoms with Crippen LogP contribution in [0.2, 0.25) is 5.02 Å². The van der Waals surface area contributed by atoms with Crippen molar-refractivity contribution in [2.24, 2.45) is 0 Å². The lowest BCUT2D eigenvalue weighted by atomic mass is 10.1. The molecule has 0 radical (unpaired) electrons. The van der Waals surface area contributed by atoms with Crippen molar-refractivity contribution in [3.05, 3.63) is 46.7 Å². The average Bonchev–Trinajstić information content (AvgIpc) is 2.79. The van der Waals surface area contributed by atoms with E-state index in [0.717, 1.165) is 17.8 Å². The van der Waals surface area contributed by atoms with Crippen molar-refractivity contribution in [3.8, 4) is 0 Å². The molecule has 0 bridgehead atoms. The summed E-state index contributed by atoms with van der Waals surface area (Å²) < 4.78 is 1.62. The lowest BCUT2D eigenvalue weighted by Crippen LogP contribution is -2.25. The average molecular weight is 292 g/mol. The summed E-state index contributed by atoms with van der Waals surface area (Å²) in [6, 6.07) is 7.43. The fraction of sp³-hybridized carbons (Fsp3) is 0.333. The van der Waals surface area contributed by atoms with Crippen molar-refractivity contribution in [1.29, 1.82) is 0 Å². The van der Waals surface area contributed by atoms with Crippen molar-refractivity contribution >= 4 is 23.2 Å². The zero-order chi connectivity index (χ0) is 14.7. The summed E-state index contributed by atoms with van der Waals surface area (Å²) in [6.45, 7) is 5.74. The molecule has 1 aromatic heterocycles. The van der Waals surface area contributed by atoms with Gasteiger partial charge >= 0.3 is 0 Å². The maximum Gasteiger partial charge on any atom is 0.248 e. The normalized spacial score (nSPS) is 12.2. The van der Waals surface area contributed by atoms with E-state index in [1.54, 1.807) is 17.8 Å². The van der Waals surface area contributed by atoms with E-state index in [9.17, 15) is 4.79 Å². The van der Waals surface area contributed by atoms with Crippen molar-refractivity contribution in [2.75, 3.05) is 5.32 Å². The van der Waals surface area contributed by atoms with Gasteiger partial charge in [-0.2, -0.15) is 5.10 Å². The third-order valence-electron chi connectivity index (χ3n) is 3.36. The van der Waals surface area contributed by atoms with E-state index in [0.29, 0.717) is 5.02 Å². The highest BCUT2D eigenvalue weighted by atomic mass is 35.5. The topological polar surface area (TPSA) is 46.9 Å². The summed E-state index contributed by atoms with van der Waals surface area (Å²) in [5.41, 5.74) is 2.82. The number of benzene rings is 1. The van der Waals surface area contributed by atoms with Crippen LogP contribution in [0.1, 0.15) is 31.1 Å². The highest BCUT2D eigenvalue weighted by Gasteiger charge is 2.18. The minimum absolute atomic E-state index is 0.114. The number of aromatic nitrogens is 2. The molecule has 1 amide bonds. The van der Waals surface area contributed by atoms with Crippen LogP contribution in [0.25, 0.3) is 0 Å². The Kier molecular flexibility index (Phi) is 4.45. The first-order chi connectivity index (χ1) is 9.52. The summed E-state index contributed by atoms with van der Waals surface area (Å²) in [5.74, 6) is -0.114. The number of carbonyl (C=O) groups is 1. The molecule has 1 atom stereocenters. The molecule has 106 valence electrons. The Morgan fingerprint density at radius 2 is 2.05 bits per heavy atom. The van der Waals surface area contributed by atoms with Crippen molar-refractivity contribution in [2.45, 2.75) is 33.2 Å². The minimum atomic E-state index is -0.409. The zero-order valence-corrected chi connectivity index (χ0v) is 12.6. The zero-order valence-electron chi connectivity index (χ0n) is 11.9. The Hall–Kier alpha value is -1.81. The van der Waals surface area contributed by atoms with Crippen LogP contribution in [0.15, 0.2) is 30.5 Å². The molecule has 0 saturated heterocycles. The summed E-state index contributed by atoms with van der Waals surface area (Å²) in [6.07, 6.45) is 2.53. The lowest BCUT2D eigenvalue weighted by molar-refractivity contribution is -0.119. The summed E-state index contributed by atoms with van der Waals surface area (Å²) >= 11 is 5.96. The van der Waals surface area contributed by atoms with Gasteiger partial charge in [0.2, 0.25) is 5.91 Å². The summed E-state index contributed by atoms with van der Waals surface area (Å²) in [5, 5.41) is 7.58. The second-order valence-corrected chi connectivity index (χ2v) is 5.15. The number of nitrogens with zero attached hydrogens (tertiary/aromatic N) is 2. The maximum atomic E-state index is 12.2. The maximum absolute atomic E-state index is 12.2. The van der Waals surface area contributed by atoms with Gasteiger partial charge in [-0.15, -0.1) is 0 Å². The number of hydrogen-bond acceptors (Lipinski definition) is 2. The largest absolute Gasteiger partial charge is 0.324 e. The van der Waals surface area contributed by atoms with Crippen LogP contribution in [0.5, 0.6) is 0 Å². The molecule has 20 heavy (non-hydrogen) atoms. The Balaban J connectivity index is 2.09. The van der Waals surface area contributed by atoms with Gasteiger partial charge in [0.25, 0.3) is 0 Å². The number of halogens is 1. The molecule has 2 aromatic rings. The van der Waals surface area contributed by atoms with Crippen LogP contribution >= 0.6 is 11.6 Å². The molecule has 0 aliphatic carbocycles.